The predicted octanol–water partition coefficient (Wildman–Crippen LogP) is 2.16. The molecular formula is C15H21FN2O. The van der Waals surface area contributed by atoms with Crippen molar-refractivity contribution >= 4 is 5.91 Å². The number of rotatable bonds is 3. The number of amides is 1. The molecular weight excluding hydrogens is 243 g/mol. The van der Waals surface area contributed by atoms with Gasteiger partial charge >= 0.3 is 0 Å². The van der Waals surface area contributed by atoms with E-state index >= 15 is 0 Å². The van der Waals surface area contributed by atoms with Crippen molar-refractivity contribution in [1.82, 2.24) is 9.80 Å². The molecule has 0 saturated carbocycles. The third kappa shape index (κ3) is 3.32. The first kappa shape index (κ1) is 14.0. The fourth-order valence-electron chi connectivity index (χ4n) is 2.72. The number of likely N-dealkylation sites (tertiary alicyclic amines) is 1. The molecule has 1 aliphatic heterocycles. The van der Waals surface area contributed by atoms with Gasteiger partial charge in [-0.2, -0.15) is 0 Å². The zero-order valence-electron chi connectivity index (χ0n) is 11.8. The van der Waals surface area contributed by atoms with Crippen LogP contribution >= 0.6 is 0 Å². The predicted molar refractivity (Wildman–Crippen MR) is 73.7 cm³/mol. The quantitative estimate of drug-likeness (QED) is 0.835. The SMILES string of the molecule is Cc1cc(F)ccc1C(=O)N(C)CC1CCN(C)C1. The van der Waals surface area contributed by atoms with Gasteiger partial charge in [0.1, 0.15) is 5.82 Å². The van der Waals surface area contributed by atoms with E-state index in [1.165, 1.54) is 12.1 Å². The molecule has 0 N–H and O–H groups in total. The molecule has 1 aromatic rings. The van der Waals surface area contributed by atoms with E-state index in [1.807, 2.05) is 7.05 Å². The summed E-state index contributed by atoms with van der Waals surface area (Å²) < 4.78 is 13.1. The zero-order valence-corrected chi connectivity index (χ0v) is 11.8. The van der Waals surface area contributed by atoms with Gasteiger partial charge in [0.25, 0.3) is 5.91 Å². The first-order chi connectivity index (χ1) is 8.97. The maximum absolute atomic E-state index is 13.1. The molecule has 4 heteroatoms. The van der Waals surface area contributed by atoms with Crippen molar-refractivity contribution in [1.29, 1.82) is 0 Å². The van der Waals surface area contributed by atoms with E-state index in [2.05, 4.69) is 11.9 Å². The van der Waals surface area contributed by atoms with Gasteiger partial charge < -0.3 is 9.80 Å². The van der Waals surface area contributed by atoms with E-state index in [0.717, 1.165) is 26.1 Å². The van der Waals surface area contributed by atoms with Gasteiger partial charge in [0.2, 0.25) is 0 Å². The Morgan fingerprint density at radius 3 is 2.84 bits per heavy atom. The largest absolute Gasteiger partial charge is 0.341 e. The number of hydrogen-bond acceptors (Lipinski definition) is 2. The van der Waals surface area contributed by atoms with Gasteiger partial charge in [-0.1, -0.05) is 0 Å². The van der Waals surface area contributed by atoms with Crippen molar-refractivity contribution in [2.75, 3.05) is 33.7 Å². The lowest BCUT2D eigenvalue weighted by Crippen LogP contribution is -2.33. The van der Waals surface area contributed by atoms with Gasteiger partial charge in [0.05, 0.1) is 0 Å². The molecule has 1 aliphatic rings. The van der Waals surface area contributed by atoms with Crippen LogP contribution in [0, 0.1) is 18.7 Å². The Hall–Kier alpha value is -1.42. The summed E-state index contributed by atoms with van der Waals surface area (Å²) in [5.41, 5.74) is 1.29. The molecule has 1 atom stereocenters. The average Bonchev–Trinajstić information content (AvgIpc) is 2.74. The number of hydrogen-bond donors (Lipinski definition) is 0. The molecule has 0 aliphatic carbocycles. The Morgan fingerprint density at radius 2 is 2.26 bits per heavy atom. The maximum Gasteiger partial charge on any atom is 0.253 e. The van der Waals surface area contributed by atoms with Crippen LogP contribution in [0.3, 0.4) is 0 Å². The second-order valence-corrected chi connectivity index (χ2v) is 5.56. The number of carbonyl (C=O) groups is 1. The van der Waals surface area contributed by atoms with Gasteiger partial charge in [0.15, 0.2) is 0 Å². The van der Waals surface area contributed by atoms with Crippen LogP contribution in [0.4, 0.5) is 4.39 Å². The lowest BCUT2D eigenvalue weighted by atomic mass is 10.1. The fourth-order valence-corrected chi connectivity index (χ4v) is 2.72. The molecule has 2 rings (SSSR count). The minimum atomic E-state index is -0.297. The maximum atomic E-state index is 13.1. The number of aryl methyl sites for hydroxylation is 1. The Morgan fingerprint density at radius 1 is 1.53 bits per heavy atom. The van der Waals surface area contributed by atoms with E-state index < -0.39 is 0 Å². The molecule has 1 saturated heterocycles. The average molecular weight is 264 g/mol. The van der Waals surface area contributed by atoms with Crippen molar-refractivity contribution in [2.24, 2.45) is 5.92 Å². The molecule has 1 aromatic carbocycles. The van der Waals surface area contributed by atoms with Crippen molar-refractivity contribution in [3.8, 4) is 0 Å². The Kier molecular flexibility index (Phi) is 4.20. The highest BCUT2D eigenvalue weighted by molar-refractivity contribution is 5.95. The second-order valence-electron chi connectivity index (χ2n) is 5.56. The van der Waals surface area contributed by atoms with E-state index in [0.29, 0.717) is 17.0 Å². The van der Waals surface area contributed by atoms with Crippen molar-refractivity contribution in [3.63, 3.8) is 0 Å². The molecule has 1 fully saturated rings. The highest BCUT2D eigenvalue weighted by atomic mass is 19.1. The van der Waals surface area contributed by atoms with E-state index in [9.17, 15) is 9.18 Å². The molecule has 1 heterocycles. The molecule has 104 valence electrons. The van der Waals surface area contributed by atoms with Gasteiger partial charge in [0, 0.05) is 25.7 Å². The summed E-state index contributed by atoms with van der Waals surface area (Å²) in [6, 6.07) is 4.33. The van der Waals surface area contributed by atoms with E-state index in [4.69, 9.17) is 0 Å². The number of nitrogens with zero attached hydrogens (tertiary/aromatic N) is 2. The highest BCUT2D eigenvalue weighted by Gasteiger charge is 2.23. The van der Waals surface area contributed by atoms with Crippen LogP contribution in [-0.4, -0.2) is 49.4 Å². The third-order valence-electron chi connectivity index (χ3n) is 3.79. The van der Waals surface area contributed by atoms with Crippen LogP contribution in [0.5, 0.6) is 0 Å². The van der Waals surface area contributed by atoms with Gasteiger partial charge in [-0.15, -0.1) is 0 Å². The highest BCUT2D eigenvalue weighted by Crippen LogP contribution is 2.17. The molecule has 1 unspecified atom stereocenters. The Labute approximate surface area is 114 Å². The van der Waals surface area contributed by atoms with Crippen LogP contribution in [0.15, 0.2) is 18.2 Å². The lowest BCUT2D eigenvalue weighted by Gasteiger charge is -2.22. The number of carbonyl (C=O) groups excluding carboxylic acids is 1. The molecule has 3 nitrogen and oxygen atoms in total. The van der Waals surface area contributed by atoms with Crippen LogP contribution in [0.1, 0.15) is 22.3 Å². The summed E-state index contributed by atoms with van der Waals surface area (Å²) in [5.74, 6) is 0.223. The summed E-state index contributed by atoms with van der Waals surface area (Å²) >= 11 is 0. The van der Waals surface area contributed by atoms with Crippen molar-refractivity contribution in [2.45, 2.75) is 13.3 Å². The fraction of sp³-hybridized carbons (Fsp3) is 0.533. The third-order valence-corrected chi connectivity index (χ3v) is 3.79. The van der Waals surface area contributed by atoms with Crippen LogP contribution in [0.2, 0.25) is 0 Å². The summed E-state index contributed by atoms with van der Waals surface area (Å²) in [5, 5.41) is 0. The van der Waals surface area contributed by atoms with Crippen molar-refractivity contribution in [3.05, 3.63) is 35.1 Å². The summed E-state index contributed by atoms with van der Waals surface area (Å²) in [4.78, 5) is 16.4. The Balaban J connectivity index is 2.02. The molecule has 0 bridgehead atoms. The summed E-state index contributed by atoms with van der Waals surface area (Å²) in [7, 11) is 3.93. The lowest BCUT2D eigenvalue weighted by molar-refractivity contribution is 0.0773. The van der Waals surface area contributed by atoms with Gasteiger partial charge in [-0.05, 0) is 56.6 Å². The number of halogens is 1. The molecule has 0 radical (unpaired) electrons. The van der Waals surface area contributed by atoms with Crippen LogP contribution in [0.25, 0.3) is 0 Å². The molecule has 1 amide bonds. The van der Waals surface area contributed by atoms with Gasteiger partial charge in [-0.25, -0.2) is 4.39 Å². The normalized spacial score (nSPS) is 19.7. The minimum Gasteiger partial charge on any atom is -0.341 e. The smallest absolute Gasteiger partial charge is 0.253 e. The van der Waals surface area contributed by atoms with Gasteiger partial charge in [-0.3, -0.25) is 4.79 Å². The molecule has 0 spiro atoms. The van der Waals surface area contributed by atoms with Crippen LogP contribution in [-0.2, 0) is 0 Å². The molecule has 0 aromatic heterocycles. The minimum absolute atomic E-state index is 0.0212. The number of benzene rings is 1. The summed E-state index contributed by atoms with van der Waals surface area (Å²) in [6.07, 6.45) is 1.14. The van der Waals surface area contributed by atoms with Crippen LogP contribution < -0.4 is 0 Å². The zero-order chi connectivity index (χ0) is 14.0. The molecule has 19 heavy (non-hydrogen) atoms. The Bertz CT molecular complexity index is 475. The van der Waals surface area contributed by atoms with Crippen molar-refractivity contribution < 1.29 is 9.18 Å². The first-order valence-corrected chi connectivity index (χ1v) is 6.67. The first-order valence-electron chi connectivity index (χ1n) is 6.67. The second kappa shape index (κ2) is 5.70. The van der Waals surface area contributed by atoms with E-state index in [1.54, 1.807) is 17.9 Å². The standard InChI is InChI=1S/C15H21FN2O/c1-11-8-13(16)4-5-14(11)15(19)18(3)10-12-6-7-17(2)9-12/h4-5,8,12H,6-7,9-10H2,1-3H3. The topological polar surface area (TPSA) is 23.6 Å². The van der Waals surface area contributed by atoms with E-state index in [-0.39, 0.29) is 11.7 Å². The summed E-state index contributed by atoms with van der Waals surface area (Å²) in [6.45, 7) is 4.68. The monoisotopic (exact) mass is 264 g/mol.